The van der Waals surface area contributed by atoms with Crippen LogP contribution in [0.3, 0.4) is 0 Å². The number of anilines is 2. The third kappa shape index (κ3) is 7.00. The molecule has 6 nitrogen and oxygen atoms in total. The summed E-state index contributed by atoms with van der Waals surface area (Å²) in [6, 6.07) is 91.7. The van der Waals surface area contributed by atoms with Gasteiger partial charge < -0.3 is 9.68 Å². The first kappa shape index (κ1) is 40.3. The van der Waals surface area contributed by atoms with E-state index >= 15 is 0 Å². The molecule has 0 amide bonds. The van der Waals surface area contributed by atoms with Crippen LogP contribution in [0, 0.1) is 0 Å². The molecule has 0 radical (unpaired) electrons. The lowest BCUT2D eigenvalue weighted by Crippen LogP contribution is -2.40. The largest absolute Gasteiger partial charge is 0.362 e. The quantitative estimate of drug-likeness (QED) is 0.137. The van der Waals surface area contributed by atoms with Crippen LogP contribution in [0.1, 0.15) is 45.5 Å². The molecule has 0 N–H and O–H groups in total. The van der Waals surface area contributed by atoms with Crippen LogP contribution in [0.4, 0.5) is 22.7 Å². The number of para-hydroxylation sites is 2. The molecule has 6 heteroatoms. The summed E-state index contributed by atoms with van der Waals surface area (Å²) < 4.78 is 0. The predicted octanol–water partition coefficient (Wildman–Crippen LogP) is 14.1. The smallest absolute Gasteiger partial charge is 0.240 e. The van der Waals surface area contributed by atoms with Gasteiger partial charge in [-0.25, -0.2) is 9.98 Å². The SMILES string of the molecule is c1ccc(C2N(c3ccccc3)OC(=Nc3ccc(N=C4ON(c5ccccc5)C(c5ccccc5)C4(c4ccccc4)c4ccccc4)cc3)C2(c2ccccc2)c2ccccc2)cc1. The summed E-state index contributed by atoms with van der Waals surface area (Å²) in [5.41, 5.74) is 8.06. The maximum absolute atomic E-state index is 7.14. The second-order valence-corrected chi connectivity index (χ2v) is 16.6. The summed E-state index contributed by atoms with van der Waals surface area (Å²) in [5.74, 6) is 1.12. The summed E-state index contributed by atoms with van der Waals surface area (Å²) in [5, 5.41) is 4.06. The molecule has 2 atom stereocenters. The lowest BCUT2D eigenvalue weighted by Gasteiger charge is -2.36. The summed E-state index contributed by atoms with van der Waals surface area (Å²) in [7, 11) is 0. The second-order valence-electron chi connectivity index (χ2n) is 16.6. The molecule has 0 saturated carbocycles. The average molecular weight is 855 g/mol. The highest BCUT2D eigenvalue weighted by Crippen LogP contribution is 2.56. The van der Waals surface area contributed by atoms with E-state index in [1.54, 1.807) is 0 Å². The van der Waals surface area contributed by atoms with Gasteiger partial charge in [0.2, 0.25) is 11.8 Å². The molecule has 9 aromatic rings. The Labute approximate surface area is 386 Å². The fourth-order valence-electron chi connectivity index (χ4n) is 9.93. The first-order chi connectivity index (χ1) is 32.7. The summed E-state index contributed by atoms with van der Waals surface area (Å²) in [6.45, 7) is 0. The van der Waals surface area contributed by atoms with E-state index in [1.165, 1.54) is 0 Å². The molecule has 318 valence electrons. The molecule has 0 spiro atoms. The van der Waals surface area contributed by atoms with E-state index in [0.29, 0.717) is 11.8 Å². The van der Waals surface area contributed by atoms with Crippen molar-refractivity contribution in [2.24, 2.45) is 9.98 Å². The van der Waals surface area contributed by atoms with Crippen LogP contribution in [0.5, 0.6) is 0 Å². The molecular formula is C60H46N4O2. The molecule has 2 unspecified atom stereocenters. The Kier molecular flexibility index (Phi) is 10.7. The molecule has 2 aliphatic rings. The number of nitrogens with zero attached hydrogens (tertiary/aromatic N) is 4. The first-order valence-electron chi connectivity index (χ1n) is 22.4. The minimum Gasteiger partial charge on any atom is -0.362 e. The molecule has 66 heavy (non-hydrogen) atoms. The number of hydrogen-bond donors (Lipinski definition) is 0. The van der Waals surface area contributed by atoms with Crippen LogP contribution < -0.4 is 10.1 Å². The predicted molar refractivity (Wildman–Crippen MR) is 266 cm³/mol. The Morgan fingerprint density at radius 1 is 0.288 bits per heavy atom. The Morgan fingerprint density at radius 3 is 0.803 bits per heavy atom. The Hall–Kier alpha value is -8.48. The molecule has 9 aromatic carbocycles. The zero-order valence-electron chi connectivity index (χ0n) is 36.2. The maximum Gasteiger partial charge on any atom is 0.240 e. The summed E-state index contributed by atoms with van der Waals surface area (Å²) in [4.78, 5) is 25.3. The van der Waals surface area contributed by atoms with E-state index < -0.39 is 10.8 Å². The second kappa shape index (κ2) is 17.6. The van der Waals surface area contributed by atoms with Crippen LogP contribution in [0.15, 0.2) is 277 Å². The number of rotatable bonds is 10. The van der Waals surface area contributed by atoms with Crippen LogP contribution in [0.25, 0.3) is 0 Å². The third-order valence-corrected chi connectivity index (χ3v) is 12.8. The molecular weight excluding hydrogens is 809 g/mol. The van der Waals surface area contributed by atoms with Gasteiger partial charge in [0.25, 0.3) is 0 Å². The molecule has 0 aromatic heterocycles. The van der Waals surface area contributed by atoms with Gasteiger partial charge in [0.05, 0.1) is 22.7 Å². The monoisotopic (exact) mass is 854 g/mol. The highest BCUT2D eigenvalue weighted by atomic mass is 16.7. The van der Waals surface area contributed by atoms with Crippen molar-refractivity contribution in [2.45, 2.75) is 22.9 Å². The molecule has 2 fully saturated rings. The highest BCUT2D eigenvalue weighted by molar-refractivity contribution is 6.00. The van der Waals surface area contributed by atoms with Crippen LogP contribution in [-0.4, -0.2) is 11.8 Å². The van der Waals surface area contributed by atoms with E-state index in [-0.39, 0.29) is 12.1 Å². The minimum absolute atomic E-state index is 0.316. The van der Waals surface area contributed by atoms with Gasteiger partial charge >= 0.3 is 0 Å². The lowest BCUT2D eigenvalue weighted by molar-refractivity contribution is 0.275. The normalized spacial score (nSPS) is 18.5. The van der Waals surface area contributed by atoms with Crippen molar-refractivity contribution in [3.63, 3.8) is 0 Å². The molecule has 11 rings (SSSR count). The summed E-state index contributed by atoms with van der Waals surface area (Å²) >= 11 is 0. The zero-order chi connectivity index (χ0) is 44.2. The van der Waals surface area contributed by atoms with Gasteiger partial charge in [-0.15, -0.1) is 0 Å². The van der Waals surface area contributed by atoms with E-state index in [2.05, 4.69) is 206 Å². The topological polar surface area (TPSA) is 49.7 Å². The molecule has 2 aliphatic heterocycles. The molecule has 2 saturated heterocycles. The third-order valence-electron chi connectivity index (χ3n) is 12.8. The van der Waals surface area contributed by atoms with Gasteiger partial charge in [-0.1, -0.05) is 218 Å². The van der Waals surface area contributed by atoms with Crippen LogP contribution in [0.2, 0.25) is 0 Å². The minimum atomic E-state index is -0.853. The van der Waals surface area contributed by atoms with Crippen molar-refractivity contribution in [1.29, 1.82) is 0 Å². The van der Waals surface area contributed by atoms with Crippen molar-refractivity contribution in [1.82, 2.24) is 0 Å². The Morgan fingerprint density at radius 2 is 0.530 bits per heavy atom. The van der Waals surface area contributed by atoms with Crippen molar-refractivity contribution in [3.05, 3.63) is 300 Å². The Balaban J connectivity index is 1.09. The van der Waals surface area contributed by atoms with Gasteiger partial charge in [-0.05, 0) is 81.9 Å². The maximum atomic E-state index is 7.14. The number of aliphatic imine (C=N–C) groups is 2. The van der Waals surface area contributed by atoms with Gasteiger partial charge in [-0.3, -0.25) is 0 Å². The van der Waals surface area contributed by atoms with Gasteiger partial charge in [0, 0.05) is 0 Å². The van der Waals surface area contributed by atoms with Crippen molar-refractivity contribution >= 4 is 34.5 Å². The fourth-order valence-corrected chi connectivity index (χ4v) is 9.93. The van der Waals surface area contributed by atoms with Crippen molar-refractivity contribution in [3.8, 4) is 0 Å². The standard InChI is InChI=1S/C60H46N4O2/c1-9-25-45(26-10-1)55-59(47-29-13-3-14-30-47,48-31-15-4-16-32-48)57(65-63(55)53-37-21-7-22-38-53)61-51-41-43-52(44-42-51)62-58-60(49-33-17-5-18-34-49,50-35-19-6-20-36-50)56(46-27-11-2-12-28-46)64(66-58)54-39-23-8-24-40-54/h1-44,55-56H. The van der Waals surface area contributed by atoms with E-state index in [1.807, 2.05) is 70.8 Å². The highest BCUT2D eigenvalue weighted by Gasteiger charge is 2.60. The molecule has 2 heterocycles. The number of benzene rings is 9. The first-order valence-corrected chi connectivity index (χ1v) is 22.4. The van der Waals surface area contributed by atoms with E-state index in [4.69, 9.17) is 19.7 Å². The van der Waals surface area contributed by atoms with E-state index in [9.17, 15) is 0 Å². The van der Waals surface area contributed by atoms with Crippen molar-refractivity contribution < 1.29 is 9.68 Å². The van der Waals surface area contributed by atoms with E-state index in [0.717, 1.165) is 56.1 Å². The van der Waals surface area contributed by atoms with Crippen molar-refractivity contribution in [2.75, 3.05) is 10.1 Å². The molecule has 0 bridgehead atoms. The number of hydrogen-bond acceptors (Lipinski definition) is 6. The summed E-state index contributed by atoms with van der Waals surface area (Å²) in [6.07, 6.45) is 0. The Bertz CT molecular complexity index is 2770. The fraction of sp³-hybridized carbons (Fsp3) is 0.0667. The lowest BCUT2D eigenvalue weighted by atomic mass is 9.67. The van der Waals surface area contributed by atoms with Gasteiger partial charge in [-0.2, -0.15) is 10.1 Å². The average Bonchev–Trinajstić information content (AvgIpc) is 3.93. The van der Waals surface area contributed by atoms with Gasteiger partial charge in [0.1, 0.15) is 22.9 Å². The van der Waals surface area contributed by atoms with Gasteiger partial charge in [0.15, 0.2) is 0 Å². The van der Waals surface area contributed by atoms with Crippen LogP contribution in [-0.2, 0) is 20.5 Å². The molecule has 0 aliphatic carbocycles. The van der Waals surface area contributed by atoms with Crippen LogP contribution >= 0.6 is 0 Å². The number of hydroxylamine groups is 2. The zero-order valence-corrected chi connectivity index (χ0v) is 36.2.